The number of esters is 1. The Labute approximate surface area is 387 Å². The lowest BCUT2D eigenvalue weighted by Crippen LogP contribution is -2.45. The van der Waals surface area contributed by atoms with Crippen LogP contribution in [0.1, 0.15) is 309 Å². The van der Waals surface area contributed by atoms with Gasteiger partial charge in [0, 0.05) is 12.8 Å². The van der Waals surface area contributed by atoms with Crippen LogP contribution < -0.4 is 5.32 Å². The number of unbranched alkanes of at least 4 members (excludes halogenated alkanes) is 39. The smallest absolute Gasteiger partial charge is 0.305 e. The minimum atomic E-state index is -0.676. The Kier molecular flexibility index (Phi) is 51.0. The van der Waals surface area contributed by atoms with Crippen LogP contribution in [0.2, 0.25) is 0 Å². The topological polar surface area (TPSA) is 95.9 Å². The third-order valence-corrected chi connectivity index (χ3v) is 13.1. The molecule has 2 unspecified atom stereocenters. The van der Waals surface area contributed by atoms with Gasteiger partial charge in [-0.1, -0.05) is 257 Å². The van der Waals surface area contributed by atoms with E-state index in [-0.39, 0.29) is 18.5 Å². The van der Waals surface area contributed by atoms with Gasteiger partial charge >= 0.3 is 5.97 Å². The number of nitrogens with one attached hydrogen (secondary N) is 1. The van der Waals surface area contributed by atoms with Gasteiger partial charge in [0.15, 0.2) is 0 Å². The van der Waals surface area contributed by atoms with E-state index in [0.717, 1.165) is 57.8 Å². The van der Waals surface area contributed by atoms with Crippen LogP contribution in [0.25, 0.3) is 0 Å². The predicted molar refractivity (Wildman–Crippen MR) is 269 cm³/mol. The number of hydrogen-bond acceptors (Lipinski definition) is 5. The molecule has 0 aliphatic rings. The maximum Gasteiger partial charge on any atom is 0.305 e. The van der Waals surface area contributed by atoms with Gasteiger partial charge < -0.3 is 20.3 Å². The molecule has 6 heteroatoms. The Morgan fingerprint density at radius 2 is 0.758 bits per heavy atom. The van der Waals surface area contributed by atoms with Crippen molar-refractivity contribution in [2.45, 2.75) is 321 Å². The Morgan fingerprint density at radius 3 is 1.15 bits per heavy atom. The molecule has 0 aromatic carbocycles. The van der Waals surface area contributed by atoms with E-state index in [2.05, 4.69) is 31.3 Å². The fourth-order valence-corrected chi connectivity index (χ4v) is 8.75. The van der Waals surface area contributed by atoms with Crippen molar-refractivity contribution in [3.8, 4) is 0 Å². The summed E-state index contributed by atoms with van der Waals surface area (Å²) in [6.07, 6.45) is 60.4. The first-order valence-electron chi connectivity index (χ1n) is 27.9. The molecule has 1 amide bonds. The summed E-state index contributed by atoms with van der Waals surface area (Å²) in [5, 5.41) is 23.3. The number of allylic oxidation sites excluding steroid dienone is 2. The Hall–Kier alpha value is -1.40. The molecule has 0 fully saturated rings. The van der Waals surface area contributed by atoms with Gasteiger partial charge in [0.2, 0.25) is 5.91 Å². The van der Waals surface area contributed by atoms with Crippen molar-refractivity contribution in [3.05, 3.63) is 12.2 Å². The highest BCUT2D eigenvalue weighted by Crippen LogP contribution is 2.17. The van der Waals surface area contributed by atoms with Gasteiger partial charge in [-0.15, -0.1) is 0 Å². The molecule has 0 spiro atoms. The zero-order valence-electron chi connectivity index (χ0n) is 41.9. The van der Waals surface area contributed by atoms with Crippen LogP contribution in [-0.4, -0.2) is 47.4 Å². The predicted octanol–water partition coefficient (Wildman–Crippen LogP) is 16.9. The third-order valence-electron chi connectivity index (χ3n) is 13.1. The summed E-state index contributed by atoms with van der Waals surface area (Å²) in [5.41, 5.74) is 0. The largest absolute Gasteiger partial charge is 0.466 e. The molecule has 0 radical (unpaired) electrons. The van der Waals surface area contributed by atoms with Gasteiger partial charge in [-0.3, -0.25) is 9.59 Å². The van der Waals surface area contributed by atoms with Gasteiger partial charge in [-0.2, -0.15) is 0 Å². The molecule has 2 atom stereocenters. The molecule has 0 aliphatic heterocycles. The quantitative estimate of drug-likeness (QED) is 0.0321. The van der Waals surface area contributed by atoms with E-state index in [1.165, 1.54) is 218 Å². The van der Waals surface area contributed by atoms with Gasteiger partial charge in [0.1, 0.15) is 0 Å². The SMILES string of the molecule is CCCCCCCCC/C=C\CCCCCCCCCC(=O)OCCCCCCCCCCCCCC(=O)NC(CO)C(O)CCCCCCCCCCCCCCCCCC. The first-order valence-corrected chi connectivity index (χ1v) is 27.9. The molecular weight excluding hydrogens is 767 g/mol. The fourth-order valence-electron chi connectivity index (χ4n) is 8.75. The highest BCUT2D eigenvalue weighted by atomic mass is 16.5. The van der Waals surface area contributed by atoms with E-state index in [0.29, 0.717) is 25.9 Å². The van der Waals surface area contributed by atoms with E-state index in [1.807, 2.05) is 0 Å². The van der Waals surface area contributed by atoms with Crippen molar-refractivity contribution in [2.24, 2.45) is 0 Å². The number of ether oxygens (including phenoxy) is 1. The summed E-state index contributed by atoms with van der Waals surface area (Å²) in [7, 11) is 0. The van der Waals surface area contributed by atoms with Gasteiger partial charge in [-0.25, -0.2) is 0 Å². The highest BCUT2D eigenvalue weighted by molar-refractivity contribution is 5.76. The number of amides is 1. The molecule has 0 aromatic heterocycles. The molecule has 0 saturated heterocycles. The van der Waals surface area contributed by atoms with E-state index < -0.39 is 12.1 Å². The van der Waals surface area contributed by atoms with Crippen LogP contribution >= 0.6 is 0 Å². The van der Waals surface area contributed by atoms with Gasteiger partial charge in [0.05, 0.1) is 25.4 Å². The minimum Gasteiger partial charge on any atom is -0.466 e. The van der Waals surface area contributed by atoms with Crippen molar-refractivity contribution in [1.29, 1.82) is 0 Å². The average Bonchev–Trinajstić information content (AvgIpc) is 3.27. The molecule has 3 N–H and O–H groups in total. The molecule has 0 heterocycles. The molecule has 0 aliphatic carbocycles. The zero-order chi connectivity index (χ0) is 45.1. The van der Waals surface area contributed by atoms with Gasteiger partial charge in [-0.05, 0) is 51.4 Å². The maximum absolute atomic E-state index is 12.5. The lowest BCUT2D eigenvalue weighted by Gasteiger charge is -2.22. The summed E-state index contributed by atoms with van der Waals surface area (Å²) >= 11 is 0. The van der Waals surface area contributed by atoms with Crippen LogP contribution in [0, 0.1) is 0 Å². The molecule has 6 nitrogen and oxygen atoms in total. The van der Waals surface area contributed by atoms with Crippen molar-refractivity contribution < 1.29 is 24.5 Å². The Bertz CT molecular complexity index is 924. The van der Waals surface area contributed by atoms with Crippen LogP contribution in [0.15, 0.2) is 12.2 Å². The highest BCUT2D eigenvalue weighted by Gasteiger charge is 2.20. The van der Waals surface area contributed by atoms with Crippen molar-refractivity contribution in [1.82, 2.24) is 5.32 Å². The fraction of sp³-hybridized carbons (Fsp3) is 0.929. The minimum absolute atomic E-state index is 0.0158. The first-order chi connectivity index (χ1) is 30.5. The maximum atomic E-state index is 12.5. The number of rotatable bonds is 52. The third kappa shape index (κ3) is 48.1. The Balaban J connectivity index is 3.45. The zero-order valence-corrected chi connectivity index (χ0v) is 41.9. The average molecular weight is 876 g/mol. The number of carbonyl (C=O) groups excluding carboxylic acids is 2. The molecule has 0 bridgehead atoms. The second-order valence-corrected chi connectivity index (χ2v) is 19.3. The molecule has 0 saturated carbocycles. The molecular formula is C56H109NO5. The monoisotopic (exact) mass is 876 g/mol. The normalized spacial score (nSPS) is 12.6. The molecule has 62 heavy (non-hydrogen) atoms. The van der Waals surface area contributed by atoms with Crippen LogP contribution in [0.5, 0.6) is 0 Å². The summed E-state index contributed by atoms with van der Waals surface area (Å²) in [5.74, 6) is -0.0676. The summed E-state index contributed by atoms with van der Waals surface area (Å²) in [6.45, 7) is 4.92. The Morgan fingerprint density at radius 1 is 0.435 bits per heavy atom. The first kappa shape index (κ1) is 60.6. The second-order valence-electron chi connectivity index (χ2n) is 19.3. The van der Waals surface area contributed by atoms with Gasteiger partial charge in [0.25, 0.3) is 0 Å². The lowest BCUT2D eigenvalue weighted by atomic mass is 10.0. The van der Waals surface area contributed by atoms with Crippen LogP contribution in [0.4, 0.5) is 0 Å². The number of aliphatic hydroxyl groups excluding tert-OH is 2. The van der Waals surface area contributed by atoms with E-state index in [9.17, 15) is 19.8 Å². The van der Waals surface area contributed by atoms with Crippen molar-refractivity contribution in [3.63, 3.8) is 0 Å². The van der Waals surface area contributed by atoms with Crippen LogP contribution in [0.3, 0.4) is 0 Å². The van der Waals surface area contributed by atoms with E-state index in [4.69, 9.17) is 4.74 Å². The molecule has 0 aromatic rings. The number of carbonyl (C=O) groups is 2. The van der Waals surface area contributed by atoms with E-state index >= 15 is 0 Å². The standard InChI is InChI=1S/C56H109NO5/c1-3-5-7-9-11-13-15-17-19-21-22-24-26-30-34-38-42-46-50-56(61)62-51-47-43-39-35-31-27-29-33-37-41-45-49-55(60)57-53(52-58)54(59)48-44-40-36-32-28-25-23-20-18-16-14-12-10-8-6-4-2/h19,21,53-54,58-59H,3-18,20,22-52H2,1-2H3,(H,57,60)/b21-19-. The van der Waals surface area contributed by atoms with Crippen molar-refractivity contribution >= 4 is 11.9 Å². The molecule has 0 rings (SSSR count). The van der Waals surface area contributed by atoms with E-state index in [1.54, 1.807) is 0 Å². The second kappa shape index (κ2) is 52.2. The number of hydrogen-bond donors (Lipinski definition) is 3. The summed E-state index contributed by atoms with van der Waals surface area (Å²) < 4.78 is 5.47. The summed E-state index contributed by atoms with van der Waals surface area (Å²) in [4.78, 5) is 24.5. The van der Waals surface area contributed by atoms with Crippen LogP contribution in [-0.2, 0) is 14.3 Å². The summed E-state index contributed by atoms with van der Waals surface area (Å²) in [6, 6.07) is -0.555. The van der Waals surface area contributed by atoms with Crippen molar-refractivity contribution in [2.75, 3.05) is 13.2 Å². The lowest BCUT2D eigenvalue weighted by molar-refractivity contribution is -0.143. The molecule has 368 valence electrons. The number of aliphatic hydroxyl groups is 2.